The summed E-state index contributed by atoms with van der Waals surface area (Å²) in [5.41, 5.74) is 2.83. The van der Waals surface area contributed by atoms with E-state index in [0.29, 0.717) is 0 Å². The van der Waals surface area contributed by atoms with Crippen LogP contribution in [0.1, 0.15) is 12.1 Å². The van der Waals surface area contributed by atoms with Gasteiger partial charge in [0, 0.05) is 29.2 Å². The van der Waals surface area contributed by atoms with Crippen LogP contribution >= 0.6 is 0 Å². The Morgan fingerprint density at radius 3 is 2.60 bits per heavy atom. The molecule has 1 aliphatic rings. The molecular weight excluding hydrogens is 182 g/mol. The van der Waals surface area contributed by atoms with Gasteiger partial charge in [-0.2, -0.15) is 0 Å². The lowest BCUT2D eigenvalue weighted by Crippen LogP contribution is -2.07. The molecular formula is C11H10B2N2. The average molecular weight is 192 g/mol. The molecule has 1 aromatic heterocycles. The van der Waals surface area contributed by atoms with Crippen LogP contribution in [0.3, 0.4) is 0 Å². The predicted molar refractivity (Wildman–Crippen MR) is 65.2 cm³/mol. The molecule has 0 saturated carbocycles. The predicted octanol–water partition coefficient (Wildman–Crippen LogP) is 1.58. The SMILES string of the molecule is C=C1CC=CN=C1c1ccccn1.[B].[B]. The fraction of sp³-hybridized carbons (Fsp3) is 0.0909. The van der Waals surface area contributed by atoms with E-state index in [1.54, 1.807) is 12.4 Å². The van der Waals surface area contributed by atoms with E-state index in [1.165, 1.54) is 0 Å². The topological polar surface area (TPSA) is 25.2 Å². The van der Waals surface area contributed by atoms with Gasteiger partial charge < -0.3 is 0 Å². The Hall–Kier alpha value is -1.57. The summed E-state index contributed by atoms with van der Waals surface area (Å²) in [6, 6.07) is 5.80. The highest BCUT2D eigenvalue weighted by molar-refractivity contribution is 6.11. The highest BCUT2D eigenvalue weighted by Crippen LogP contribution is 2.13. The molecule has 15 heavy (non-hydrogen) atoms. The van der Waals surface area contributed by atoms with Crippen molar-refractivity contribution in [3.8, 4) is 0 Å². The minimum absolute atomic E-state index is 0. The second-order valence-corrected chi connectivity index (χ2v) is 2.89. The first-order chi connectivity index (χ1) is 6.38. The van der Waals surface area contributed by atoms with E-state index in [9.17, 15) is 0 Å². The van der Waals surface area contributed by atoms with Gasteiger partial charge in [0.1, 0.15) is 0 Å². The van der Waals surface area contributed by atoms with Crippen molar-refractivity contribution in [2.75, 3.05) is 0 Å². The number of hydrogen-bond donors (Lipinski definition) is 0. The molecule has 0 bridgehead atoms. The standard InChI is InChI=1S/C11H10N2.2B/c1-9-5-4-8-13-11(9)10-6-2-3-7-12-10;;/h2-4,6-8H,1,5H2;;. The smallest absolute Gasteiger partial charge is 0.0915 e. The third kappa shape index (κ3) is 2.94. The average Bonchev–Trinajstić information content (AvgIpc) is 2.20. The molecule has 0 aromatic carbocycles. The van der Waals surface area contributed by atoms with Gasteiger partial charge in [0.05, 0.1) is 11.4 Å². The summed E-state index contributed by atoms with van der Waals surface area (Å²) in [4.78, 5) is 8.48. The molecule has 2 nitrogen and oxygen atoms in total. The van der Waals surface area contributed by atoms with Gasteiger partial charge in [-0.1, -0.05) is 18.7 Å². The van der Waals surface area contributed by atoms with Gasteiger partial charge in [0.15, 0.2) is 0 Å². The van der Waals surface area contributed by atoms with E-state index in [4.69, 9.17) is 0 Å². The number of aliphatic imine (C=N–C) groups is 1. The summed E-state index contributed by atoms with van der Waals surface area (Å²) in [6.45, 7) is 3.95. The van der Waals surface area contributed by atoms with Crippen LogP contribution < -0.4 is 0 Å². The Bertz CT molecular complexity index is 383. The molecule has 6 radical (unpaired) electrons. The van der Waals surface area contributed by atoms with Crippen LogP contribution in [0.4, 0.5) is 0 Å². The molecule has 0 aliphatic carbocycles. The summed E-state index contributed by atoms with van der Waals surface area (Å²) in [6.07, 6.45) is 6.44. The van der Waals surface area contributed by atoms with E-state index in [2.05, 4.69) is 16.6 Å². The van der Waals surface area contributed by atoms with Crippen molar-refractivity contribution < 1.29 is 0 Å². The van der Waals surface area contributed by atoms with Gasteiger partial charge in [0.2, 0.25) is 0 Å². The van der Waals surface area contributed by atoms with E-state index >= 15 is 0 Å². The van der Waals surface area contributed by atoms with Gasteiger partial charge in [-0.15, -0.1) is 0 Å². The zero-order valence-electron chi connectivity index (χ0n) is 8.43. The van der Waals surface area contributed by atoms with Crippen molar-refractivity contribution in [3.05, 3.63) is 54.5 Å². The van der Waals surface area contributed by atoms with Crippen LogP contribution in [0.2, 0.25) is 0 Å². The van der Waals surface area contributed by atoms with Crippen LogP contribution in [0.25, 0.3) is 0 Å². The summed E-state index contributed by atoms with van der Waals surface area (Å²) in [5.74, 6) is 0. The van der Waals surface area contributed by atoms with E-state index in [-0.39, 0.29) is 16.8 Å². The fourth-order valence-electron chi connectivity index (χ4n) is 1.26. The third-order valence-corrected chi connectivity index (χ3v) is 1.92. The third-order valence-electron chi connectivity index (χ3n) is 1.92. The van der Waals surface area contributed by atoms with Crippen LogP contribution in [0.5, 0.6) is 0 Å². The monoisotopic (exact) mass is 192 g/mol. The lowest BCUT2D eigenvalue weighted by molar-refractivity contribution is 1.21. The Balaban J connectivity index is 0.000000980. The summed E-state index contributed by atoms with van der Waals surface area (Å²) in [7, 11) is 0. The lowest BCUT2D eigenvalue weighted by atomic mass is 10.0. The molecule has 70 valence electrons. The number of hydrogen-bond acceptors (Lipinski definition) is 2. The quantitative estimate of drug-likeness (QED) is 0.619. The zero-order valence-corrected chi connectivity index (χ0v) is 8.43. The maximum atomic E-state index is 4.25. The molecule has 1 aromatic rings. The molecule has 0 saturated heterocycles. The molecule has 4 heteroatoms. The van der Waals surface area contributed by atoms with Crippen molar-refractivity contribution in [3.63, 3.8) is 0 Å². The number of allylic oxidation sites excluding steroid dienone is 2. The molecule has 0 fully saturated rings. The van der Waals surface area contributed by atoms with Crippen molar-refractivity contribution in [1.82, 2.24) is 4.98 Å². The number of pyridine rings is 1. The van der Waals surface area contributed by atoms with Crippen LogP contribution in [-0.2, 0) is 0 Å². The largest absolute Gasteiger partial charge is 0.255 e. The minimum Gasteiger partial charge on any atom is -0.255 e. The summed E-state index contributed by atoms with van der Waals surface area (Å²) >= 11 is 0. The maximum absolute atomic E-state index is 4.25. The first kappa shape index (κ1) is 13.4. The second-order valence-electron chi connectivity index (χ2n) is 2.89. The Kier molecular flexibility index (Phi) is 5.39. The van der Waals surface area contributed by atoms with Crippen molar-refractivity contribution >= 4 is 22.5 Å². The molecule has 0 atom stereocenters. The second kappa shape index (κ2) is 6.02. The maximum Gasteiger partial charge on any atom is 0.0915 e. The Labute approximate surface area is 94.0 Å². The van der Waals surface area contributed by atoms with Crippen molar-refractivity contribution in [2.24, 2.45) is 4.99 Å². The number of nitrogens with zero attached hydrogens (tertiary/aromatic N) is 2. The highest BCUT2D eigenvalue weighted by Gasteiger charge is 2.09. The lowest BCUT2D eigenvalue weighted by Gasteiger charge is -2.09. The van der Waals surface area contributed by atoms with Gasteiger partial charge in [-0.3, -0.25) is 9.98 Å². The minimum atomic E-state index is 0. The van der Waals surface area contributed by atoms with Crippen LogP contribution in [0.15, 0.2) is 53.8 Å². The van der Waals surface area contributed by atoms with Gasteiger partial charge in [0.25, 0.3) is 0 Å². The fourth-order valence-corrected chi connectivity index (χ4v) is 1.26. The van der Waals surface area contributed by atoms with E-state index < -0.39 is 0 Å². The molecule has 0 N–H and O–H groups in total. The summed E-state index contributed by atoms with van der Waals surface area (Å²) < 4.78 is 0. The van der Waals surface area contributed by atoms with Gasteiger partial charge >= 0.3 is 0 Å². The molecule has 2 rings (SSSR count). The zero-order chi connectivity index (χ0) is 9.10. The van der Waals surface area contributed by atoms with Crippen molar-refractivity contribution in [1.29, 1.82) is 0 Å². The normalized spacial score (nSPS) is 13.6. The highest BCUT2D eigenvalue weighted by atomic mass is 14.8. The van der Waals surface area contributed by atoms with Gasteiger partial charge in [-0.05, 0) is 24.1 Å². The molecule has 1 aliphatic heterocycles. The first-order valence-corrected chi connectivity index (χ1v) is 4.20. The molecule has 0 spiro atoms. The Morgan fingerprint density at radius 1 is 1.20 bits per heavy atom. The number of rotatable bonds is 1. The molecule has 0 unspecified atom stereocenters. The Morgan fingerprint density at radius 2 is 2.00 bits per heavy atom. The van der Waals surface area contributed by atoms with Gasteiger partial charge in [-0.25, -0.2) is 0 Å². The van der Waals surface area contributed by atoms with Crippen LogP contribution in [0, 0.1) is 0 Å². The van der Waals surface area contributed by atoms with E-state index in [1.807, 2.05) is 24.3 Å². The first-order valence-electron chi connectivity index (χ1n) is 4.20. The molecule has 2 heterocycles. The van der Waals surface area contributed by atoms with Crippen LogP contribution in [-0.4, -0.2) is 27.5 Å². The molecule has 0 amide bonds. The van der Waals surface area contributed by atoms with E-state index in [0.717, 1.165) is 23.4 Å². The number of aromatic nitrogens is 1. The van der Waals surface area contributed by atoms with Crippen molar-refractivity contribution in [2.45, 2.75) is 6.42 Å². The summed E-state index contributed by atoms with van der Waals surface area (Å²) in [5, 5.41) is 0.